The summed E-state index contributed by atoms with van der Waals surface area (Å²) in [5.74, 6) is 0.439. The van der Waals surface area contributed by atoms with E-state index in [-0.39, 0.29) is 5.96 Å². The molecule has 0 bridgehead atoms. The maximum atomic E-state index is 7.19. The molecule has 6 N–H and O–H groups in total. The zero-order valence-corrected chi connectivity index (χ0v) is 10.4. The standard InChI is InChI=1S/C14H16N4O/c15-12-7-6-11(18-14(16)17)8-13(12)19-9-10-4-2-1-3-5-10/h1-8H,9,15H2,(H4,16,17,18). The summed E-state index contributed by atoms with van der Waals surface area (Å²) in [5.41, 5.74) is 13.4. The van der Waals surface area contributed by atoms with Gasteiger partial charge in [0.05, 0.1) is 5.69 Å². The summed E-state index contributed by atoms with van der Waals surface area (Å²) in [6.07, 6.45) is 0. The van der Waals surface area contributed by atoms with Crippen molar-refractivity contribution >= 4 is 17.3 Å². The molecule has 0 aliphatic rings. The van der Waals surface area contributed by atoms with Gasteiger partial charge in [0.1, 0.15) is 12.4 Å². The van der Waals surface area contributed by atoms with Crippen molar-refractivity contribution in [1.29, 1.82) is 5.41 Å². The minimum atomic E-state index is -0.126. The van der Waals surface area contributed by atoms with Crippen molar-refractivity contribution in [3.05, 3.63) is 54.1 Å². The first kappa shape index (κ1) is 12.8. The molecule has 2 aromatic rings. The molecule has 0 amide bonds. The molecule has 0 fully saturated rings. The second-order valence-corrected chi connectivity index (χ2v) is 4.07. The highest BCUT2D eigenvalue weighted by Crippen LogP contribution is 2.26. The van der Waals surface area contributed by atoms with E-state index in [1.807, 2.05) is 30.3 Å². The van der Waals surface area contributed by atoms with Crippen LogP contribution in [0.5, 0.6) is 5.75 Å². The van der Waals surface area contributed by atoms with E-state index in [1.54, 1.807) is 18.2 Å². The van der Waals surface area contributed by atoms with Crippen LogP contribution in [0.25, 0.3) is 0 Å². The minimum absolute atomic E-state index is 0.126. The molecule has 19 heavy (non-hydrogen) atoms. The second kappa shape index (κ2) is 5.77. The largest absolute Gasteiger partial charge is 0.487 e. The molecule has 0 aliphatic heterocycles. The normalized spacial score (nSPS) is 9.89. The van der Waals surface area contributed by atoms with E-state index in [0.29, 0.717) is 23.7 Å². The maximum Gasteiger partial charge on any atom is 0.190 e. The van der Waals surface area contributed by atoms with Crippen molar-refractivity contribution in [2.45, 2.75) is 6.61 Å². The zero-order valence-electron chi connectivity index (χ0n) is 10.4. The molecule has 0 aliphatic carbocycles. The van der Waals surface area contributed by atoms with Gasteiger partial charge in [0.25, 0.3) is 0 Å². The van der Waals surface area contributed by atoms with Crippen LogP contribution in [-0.4, -0.2) is 5.96 Å². The fourth-order valence-electron chi connectivity index (χ4n) is 1.63. The Morgan fingerprint density at radius 1 is 1.16 bits per heavy atom. The summed E-state index contributed by atoms with van der Waals surface area (Å²) >= 11 is 0. The predicted molar refractivity (Wildman–Crippen MR) is 77.2 cm³/mol. The Kier molecular flexibility index (Phi) is 3.87. The molecule has 98 valence electrons. The highest BCUT2D eigenvalue weighted by Gasteiger charge is 2.03. The van der Waals surface area contributed by atoms with Crippen LogP contribution in [0, 0.1) is 5.41 Å². The van der Waals surface area contributed by atoms with E-state index in [2.05, 4.69) is 5.32 Å². The smallest absolute Gasteiger partial charge is 0.190 e. The van der Waals surface area contributed by atoms with Crippen LogP contribution in [-0.2, 0) is 6.61 Å². The van der Waals surface area contributed by atoms with Gasteiger partial charge in [0, 0.05) is 11.8 Å². The van der Waals surface area contributed by atoms with Gasteiger partial charge >= 0.3 is 0 Å². The van der Waals surface area contributed by atoms with Gasteiger partial charge in [-0.2, -0.15) is 0 Å². The van der Waals surface area contributed by atoms with Gasteiger partial charge in [0.15, 0.2) is 5.96 Å². The van der Waals surface area contributed by atoms with Crippen molar-refractivity contribution in [1.82, 2.24) is 0 Å². The summed E-state index contributed by atoms with van der Waals surface area (Å²) in [6.45, 7) is 0.439. The Bertz CT molecular complexity index is 569. The third kappa shape index (κ3) is 3.64. The molecule has 2 aromatic carbocycles. The highest BCUT2D eigenvalue weighted by atomic mass is 16.5. The third-order valence-electron chi connectivity index (χ3n) is 2.53. The molecule has 0 radical (unpaired) electrons. The zero-order chi connectivity index (χ0) is 13.7. The Morgan fingerprint density at radius 3 is 2.58 bits per heavy atom. The number of ether oxygens (including phenoxy) is 1. The van der Waals surface area contributed by atoms with Crippen molar-refractivity contribution < 1.29 is 4.74 Å². The topological polar surface area (TPSA) is 97.2 Å². The van der Waals surface area contributed by atoms with E-state index in [0.717, 1.165) is 5.56 Å². The molecule has 0 unspecified atom stereocenters. The summed E-state index contributed by atoms with van der Waals surface area (Å²) < 4.78 is 5.67. The van der Waals surface area contributed by atoms with Crippen molar-refractivity contribution in [3.63, 3.8) is 0 Å². The van der Waals surface area contributed by atoms with E-state index in [1.165, 1.54) is 0 Å². The van der Waals surface area contributed by atoms with Gasteiger partial charge in [-0.1, -0.05) is 30.3 Å². The Hall–Kier alpha value is -2.69. The Labute approximate surface area is 111 Å². The summed E-state index contributed by atoms with van der Waals surface area (Å²) in [6, 6.07) is 15.0. The van der Waals surface area contributed by atoms with Crippen LogP contribution in [0.4, 0.5) is 11.4 Å². The van der Waals surface area contributed by atoms with Crippen LogP contribution in [0.1, 0.15) is 5.56 Å². The lowest BCUT2D eigenvalue weighted by Gasteiger charge is -2.11. The SMILES string of the molecule is N=C(N)Nc1ccc(N)c(OCc2ccccc2)c1. The third-order valence-corrected chi connectivity index (χ3v) is 2.53. The number of nitrogens with one attached hydrogen (secondary N) is 2. The van der Waals surface area contributed by atoms with Crippen molar-refractivity contribution in [2.24, 2.45) is 5.73 Å². The van der Waals surface area contributed by atoms with E-state index < -0.39 is 0 Å². The predicted octanol–water partition coefficient (Wildman–Crippen LogP) is 2.15. The fourth-order valence-corrected chi connectivity index (χ4v) is 1.63. The molecule has 0 aromatic heterocycles. The summed E-state index contributed by atoms with van der Waals surface area (Å²) in [5, 5.41) is 9.88. The first-order valence-corrected chi connectivity index (χ1v) is 5.82. The maximum absolute atomic E-state index is 7.19. The average molecular weight is 256 g/mol. The fraction of sp³-hybridized carbons (Fsp3) is 0.0714. The van der Waals surface area contributed by atoms with E-state index in [9.17, 15) is 0 Å². The molecule has 0 atom stereocenters. The number of anilines is 2. The van der Waals surface area contributed by atoms with Crippen LogP contribution in [0.15, 0.2) is 48.5 Å². The molecular weight excluding hydrogens is 240 g/mol. The lowest BCUT2D eigenvalue weighted by atomic mass is 10.2. The van der Waals surface area contributed by atoms with E-state index >= 15 is 0 Å². The van der Waals surface area contributed by atoms with E-state index in [4.69, 9.17) is 21.6 Å². The quantitative estimate of drug-likeness (QED) is 0.383. The molecule has 0 spiro atoms. The van der Waals surface area contributed by atoms with Crippen LogP contribution < -0.4 is 21.5 Å². The van der Waals surface area contributed by atoms with Gasteiger partial charge in [-0.15, -0.1) is 0 Å². The van der Waals surface area contributed by atoms with Crippen LogP contribution in [0.2, 0.25) is 0 Å². The first-order chi connectivity index (χ1) is 9.15. The number of benzene rings is 2. The van der Waals surface area contributed by atoms with Gasteiger partial charge in [-0.05, 0) is 17.7 Å². The molecule has 5 heteroatoms. The molecule has 0 saturated heterocycles. The van der Waals surface area contributed by atoms with Crippen LogP contribution in [0.3, 0.4) is 0 Å². The number of nitrogens with two attached hydrogens (primary N) is 2. The Morgan fingerprint density at radius 2 is 1.89 bits per heavy atom. The van der Waals surface area contributed by atoms with Crippen LogP contribution >= 0.6 is 0 Å². The lowest BCUT2D eigenvalue weighted by Crippen LogP contribution is -2.20. The van der Waals surface area contributed by atoms with Crippen molar-refractivity contribution in [3.8, 4) is 5.75 Å². The summed E-state index contributed by atoms with van der Waals surface area (Å²) in [7, 11) is 0. The Balaban J connectivity index is 2.08. The number of nitrogen functional groups attached to an aromatic ring is 1. The molecule has 5 nitrogen and oxygen atoms in total. The van der Waals surface area contributed by atoms with Crippen molar-refractivity contribution in [2.75, 3.05) is 11.1 Å². The second-order valence-electron chi connectivity index (χ2n) is 4.07. The average Bonchev–Trinajstić information content (AvgIpc) is 2.40. The number of hydrogen-bond donors (Lipinski definition) is 4. The number of rotatable bonds is 4. The lowest BCUT2D eigenvalue weighted by molar-refractivity contribution is 0.308. The molecule has 0 saturated carbocycles. The molecule has 0 heterocycles. The van der Waals surface area contributed by atoms with Gasteiger partial charge in [0.2, 0.25) is 0 Å². The van der Waals surface area contributed by atoms with Gasteiger partial charge in [-0.3, -0.25) is 5.41 Å². The monoisotopic (exact) mass is 256 g/mol. The minimum Gasteiger partial charge on any atom is -0.487 e. The summed E-state index contributed by atoms with van der Waals surface area (Å²) in [4.78, 5) is 0. The molecular formula is C14H16N4O. The first-order valence-electron chi connectivity index (χ1n) is 5.82. The number of guanidine groups is 1. The highest BCUT2D eigenvalue weighted by molar-refractivity contribution is 5.90. The van der Waals surface area contributed by atoms with Gasteiger partial charge in [-0.25, -0.2) is 0 Å². The number of hydrogen-bond acceptors (Lipinski definition) is 3. The molecule has 2 rings (SSSR count). The van der Waals surface area contributed by atoms with Gasteiger partial charge < -0.3 is 21.5 Å².